The van der Waals surface area contributed by atoms with Crippen LogP contribution in [0.3, 0.4) is 0 Å². The third kappa shape index (κ3) is 4.89. The van der Waals surface area contributed by atoms with Gasteiger partial charge in [-0.1, -0.05) is 18.9 Å². The average molecular weight is 424 g/mol. The summed E-state index contributed by atoms with van der Waals surface area (Å²) in [6.07, 6.45) is 8.73. The molecule has 0 aromatic carbocycles. The number of piperidine rings is 1. The SMILES string of the molecule is c1cc(-c2nc(N3CCCCCC3)nc(N3CCOCC3)n2)nc(N2CCCCC2)c1. The molecule has 0 aliphatic carbocycles. The predicted molar refractivity (Wildman–Crippen MR) is 123 cm³/mol. The molecule has 31 heavy (non-hydrogen) atoms. The minimum absolute atomic E-state index is 0.676. The fraction of sp³-hybridized carbons (Fsp3) is 0.652. The van der Waals surface area contributed by atoms with Crippen LogP contribution in [-0.4, -0.2) is 72.4 Å². The van der Waals surface area contributed by atoms with Crippen LogP contribution in [0.25, 0.3) is 11.5 Å². The highest BCUT2D eigenvalue weighted by molar-refractivity contribution is 5.58. The summed E-state index contributed by atoms with van der Waals surface area (Å²) in [6, 6.07) is 6.21. The Bertz CT molecular complexity index is 857. The van der Waals surface area contributed by atoms with Crippen LogP contribution >= 0.6 is 0 Å². The Balaban J connectivity index is 1.50. The summed E-state index contributed by atoms with van der Waals surface area (Å²) in [5.41, 5.74) is 0.830. The molecule has 166 valence electrons. The summed E-state index contributed by atoms with van der Waals surface area (Å²) in [6.45, 7) is 7.21. The van der Waals surface area contributed by atoms with Gasteiger partial charge in [0, 0.05) is 39.3 Å². The van der Waals surface area contributed by atoms with Crippen molar-refractivity contribution in [1.82, 2.24) is 19.9 Å². The molecule has 0 bridgehead atoms. The summed E-state index contributed by atoms with van der Waals surface area (Å²) in [7, 11) is 0. The van der Waals surface area contributed by atoms with Crippen LogP contribution in [0.5, 0.6) is 0 Å². The molecular weight excluding hydrogens is 390 g/mol. The molecular formula is C23H33N7O. The molecule has 0 amide bonds. The largest absolute Gasteiger partial charge is 0.378 e. The van der Waals surface area contributed by atoms with Crippen LogP contribution in [0.4, 0.5) is 17.7 Å². The zero-order valence-electron chi connectivity index (χ0n) is 18.4. The van der Waals surface area contributed by atoms with Gasteiger partial charge in [0.05, 0.1) is 13.2 Å². The minimum Gasteiger partial charge on any atom is -0.378 e. The van der Waals surface area contributed by atoms with Crippen molar-refractivity contribution in [2.45, 2.75) is 44.9 Å². The second-order valence-electron chi connectivity index (χ2n) is 8.69. The summed E-state index contributed by atoms with van der Waals surface area (Å²) >= 11 is 0. The quantitative estimate of drug-likeness (QED) is 0.743. The topological polar surface area (TPSA) is 70.5 Å². The number of rotatable bonds is 4. The molecule has 3 saturated heterocycles. The van der Waals surface area contributed by atoms with E-state index in [9.17, 15) is 0 Å². The van der Waals surface area contributed by atoms with Crippen molar-refractivity contribution < 1.29 is 4.74 Å². The van der Waals surface area contributed by atoms with Crippen LogP contribution in [0, 0.1) is 0 Å². The van der Waals surface area contributed by atoms with Crippen molar-refractivity contribution in [1.29, 1.82) is 0 Å². The minimum atomic E-state index is 0.676. The lowest BCUT2D eigenvalue weighted by atomic mass is 10.1. The van der Waals surface area contributed by atoms with E-state index in [4.69, 9.17) is 24.7 Å². The first-order valence-electron chi connectivity index (χ1n) is 11.9. The predicted octanol–water partition coefficient (Wildman–Crippen LogP) is 3.14. The number of pyridine rings is 1. The molecule has 3 aliphatic heterocycles. The molecule has 0 spiro atoms. The number of anilines is 3. The smallest absolute Gasteiger partial charge is 0.230 e. The lowest BCUT2D eigenvalue weighted by molar-refractivity contribution is 0.122. The Hall–Kier alpha value is -2.48. The van der Waals surface area contributed by atoms with Crippen LogP contribution in [0.15, 0.2) is 18.2 Å². The first-order valence-corrected chi connectivity index (χ1v) is 11.9. The summed E-state index contributed by atoms with van der Waals surface area (Å²) in [5.74, 6) is 3.24. The third-order valence-electron chi connectivity index (χ3n) is 6.44. The van der Waals surface area contributed by atoms with Crippen LogP contribution in [-0.2, 0) is 4.74 Å². The van der Waals surface area contributed by atoms with Gasteiger partial charge in [0.25, 0.3) is 0 Å². The van der Waals surface area contributed by atoms with Gasteiger partial charge in [0.15, 0.2) is 5.82 Å². The third-order valence-corrected chi connectivity index (χ3v) is 6.44. The van der Waals surface area contributed by atoms with E-state index in [0.29, 0.717) is 19.0 Å². The number of nitrogens with zero attached hydrogens (tertiary/aromatic N) is 7. The maximum atomic E-state index is 5.54. The number of hydrogen-bond acceptors (Lipinski definition) is 8. The zero-order chi connectivity index (χ0) is 20.9. The van der Waals surface area contributed by atoms with Gasteiger partial charge in [-0.2, -0.15) is 15.0 Å². The summed E-state index contributed by atoms with van der Waals surface area (Å²) < 4.78 is 5.54. The molecule has 2 aromatic heterocycles. The van der Waals surface area contributed by atoms with Crippen LogP contribution in [0.2, 0.25) is 0 Å². The maximum Gasteiger partial charge on any atom is 0.230 e. The molecule has 0 N–H and O–H groups in total. The van der Waals surface area contributed by atoms with E-state index in [1.54, 1.807) is 0 Å². The van der Waals surface area contributed by atoms with Gasteiger partial charge in [0.2, 0.25) is 11.9 Å². The van der Waals surface area contributed by atoms with E-state index < -0.39 is 0 Å². The number of ether oxygens (including phenoxy) is 1. The monoisotopic (exact) mass is 423 g/mol. The van der Waals surface area contributed by atoms with Gasteiger partial charge in [0.1, 0.15) is 11.5 Å². The van der Waals surface area contributed by atoms with Crippen molar-refractivity contribution in [2.75, 3.05) is 67.2 Å². The Morgan fingerprint density at radius 1 is 0.581 bits per heavy atom. The summed E-state index contributed by atoms with van der Waals surface area (Å²) in [4.78, 5) is 26.6. The van der Waals surface area contributed by atoms with Crippen molar-refractivity contribution in [2.24, 2.45) is 0 Å². The standard InChI is InChI=1S/C23H33N7O/c1-2-5-14-29(13-4-1)22-25-21(26-23(27-22)30-15-17-31-18-16-30)19-9-8-10-20(24-19)28-11-6-3-7-12-28/h8-10H,1-7,11-18H2. The molecule has 8 nitrogen and oxygen atoms in total. The molecule has 5 rings (SSSR count). The second-order valence-corrected chi connectivity index (χ2v) is 8.69. The van der Waals surface area contributed by atoms with Gasteiger partial charge < -0.3 is 19.4 Å². The van der Waals surface area contributed by atoms with Gasteiger partial charge in [-0.05, 0) is 44.2 Å². The molecule has 0 atom stereocenters. The highest BCUT2D eigenvalue weighted by atomic mass is 16.5. The fourth-order valence-corrected chi connectivity index (χ4v) is 4.63. The summed E-state index contributed by atoms with van der Waals surface area (Å²) in [5, 5.41) is 0. The molecule has 0 radical (unpaired) electrons. The highest BCUT2D eigenvalue weighted by Gasteiger charge is 2.21. The van der Waals surface area contributed by atoms with E-state index in [1.807, 2.05) is 6.07 Å². The molecule has 3 aliphatic rings. The van der Waals surface area contributed by atoms with Crippen molar-refractivity contribution >= 4 is 17.7 Å². The van der Waals surface area contributed by atoms with Gasteiger partial charge in [-0.25, -0.2) is 4.98 Å². The van der Waals surface area contributed by atoms with Crippen molar-refractivity contribution in [3.63, 3.8) is 0 Å². The fourth-order valence-electron chi connectivity index (χ4n) is 4.63. The lowest BCUT2D eigenvalue weighted by Crippen LogP contribution is -2.38. The molecule has 0 saturated carbocycles. The first-order chi connectivity index (χ1) is 15.4. The van der Waals surface area contributed by atoms with Crippen LogP contribution < -0.4 is 14.7 Å². The molecule has 5 heterocycles. The number of hydrogen-bond donors (Lipinski definition) is 0. The lowest BCUT2D eigenvalue weighted by Gasteiger charge is -2.29. The Labute approximate surface area is 184 Å². The number of morpholine rings is 1. The second kappa shape index (κ2) is 9.77. The number of aromatic nitrogens is 4. The zero-order valence-corrected chi connectivity index (χ0v) is 18.4. The average Bonchev–Trinajstić information content (AvgIpc) is 3.15. The molecule has 3 fully saturated rings. The van der Waals surface area contributed by atoms with Crippen molar-refractivity contribution in [3.05, 3.63) is 18.2 Å². The van der Waals surface area contributed by atoms with Crippen LogP contribution in [0.1, 0.15) is 44.9 Å². The van der Waals surface area contributed by atoms with Gasteiger partial charge in [-0.3, -0.25) is 0 Å². The Kier molecular flexibility index (Phi) is 6.43. The van der Waals surface area contributed by atoms with E-state index in [2.05, 4.69) is 26.8 Å². The van der Waals surface area contributed by atoms with E-state index in [1.165, 1.54) is 44.9 Å². The Morgan fingerprint density at radius 3 is 1.84 bits per heavy atom. The van der Waals surface area contributed by atoms with Crippen molar-refractivity contribution in [3.8, 4) is 11.5 Å². The van der Waals surface area contributed by atoms with Gasteiger partial charge in [-0.15, -0.1) is 0 Å². The molecule has 2 aromatic rings. The van der Waals surface area contributed by atoms with Gasteiger partial charge >= 0.3 is 0 Å². The Morgan fingerprint density at radius 2 is 1.16 bits per heavy atom. The van der Waals surface area contributed by atoms with E-state index >= 15 is 0 Å². The molecule has 8 heteroatoms. The first kappa shape index (κ1) is 20.4. The van der Waals surface area contributed by atoms with E-state index in [0.717, 1.165) is 62.7 Å². The maximum absolute atomic E-state index is 5.54. The van der Waals surface area contributed by atoms with E-state index in [-0.39, 0.29) is 0 Å². The highest BCUT2D eigenvalue weighted by Crippen LogP contribution is 2.25. The normalized spacial score (nSPS) is 20.6. The molecule has 0 unspecified atom stereocenters.